The van der Waals surface area contributed by atoms with E-state index in [1.165, 1.54) is 50.3 Å². The van der Waals surface area contributed by atoms with Crippen molar-refractivity contribution in [1.29, 1.82) is 0 Å². The standard InChI is InChI=1S/C12H24N2S/c1-13-7-3-4-12(13)10-14(2)11-5-8-15-9-6-11/h11-12H,3-10H2,1-2H3/t12-/m1/s1. The Labute approximate surface area is 98.4 Å². The van der Waals surface area contributed by atoms with Crippen LogP contribution in [0.15, 0.2) is 0 Å². The van der Waals surface area contributed by atoms with Gasteiger partial charge in [0.25, 0.3) is 0 Å². The highest BCUT2D eigenvalue weighted by Gasteiger charge is 2.25. The van der Waals surface area contributed by atoms with Crippen LogP contribution in [-0.2, 0) is 0 Å². The average molecular weight is 228 g/mol. The van der Waals surface area contributed by atoms with E-state index in [2.05, 4.69) is 35.7 Å². The minimum atomic E-state index is 0.824. The molecule has 2 heterocycles. The highest BCUT2D eigenvalue weighted by atomic mass is 32.2. The van der Waals surface area contributed by atoms with Crippen LogP contribution < -0.4 is 0 Å². The summed E-state index contributed by atoms with van der Waals surface area (Å²) in [5.41, 5.74) is 0. The Balaban J connectivity index is 1.77. The molecule has 2 fully saturated rings. The summed E-state index contributed by atoms with van der Waals surface area (Å²) >= 11 is 2.12. The maximum atomic E-state index is 2.62. The molecular weight excluding hydrogens is 204 g/mol. The van der Waals surface area contributed by atoms with Gasteiger partial charge in [-0.1, -0.05) is 0 Å². The van der Waals surface area contributed by atoms with Gasteiger partial charge in [-0.15, -0.1) is 0 Å². The van der Waals surface area contributed by atoms with E-state index in [9.17, 15) is 0 Å². The Kier molecular flexibility index (Phi) is 4.35. The molecule has 2 nitrogen and oxygen atoms in total. The third kappa shape index (κ3) is 3.11. The van der Waals surface area contributed by atoms with Crippen molar-refractivity contribution >= 4 is 11.8 Å². The van der Waals surface area contributed by atoms with Crippen molar-refractivity contribution in [2.24, 2.45) is 0 Å². The molecule has 0 bridgehead atoms. The third-order valence-corrected chi connectivity index (χ3v) is 5.03. The second kappa shape index (κ2) is 5.55. The van der Waals surface area contributed by atoms with Gasteiger partial charge in [-0.3, -0.25) is 0 Å². The van der Waals surface area contributed by atoms with Gasteiger partial charge in [-0.05, 0) is 57.8 Å². The van der Waals surface area contributed by atoms with Crippen molar-refractivity contribution in [3.05, 3.63) is 0 Å². The van der Waals surface area contributed by atoms with Gasteiger partial charge in [-0.25, -0.2) is 0 Å². The Bertz CT molecular complexity index is 192. The second-order valence-corrected chi connectivity index (χ2v) is 6.28. The summed E-state index contributed by atoms with van der Waals surface area (Å²) in [5, 5.41) is 0. The van der Waals surface area contributed by atoms with Crippen molar-refractivity contribution in [2.45, 2.75) is 37.8 Å². The molecular formula is C12H24N2S. The maximum absolute atomic E-state index is 2.62. The highest BCUT2D eigenvalue weighted by Crippen LogP contribution is 2.23. The molecule has 2 rings (SSSR count). The van der Waals surface area contributed by atoms with E-state index in [-0.39, 0.29) is 0 Å². The van der Waals surface area contributed by atoms with E-state index in [1.807, 2.05) is 0 Å². The van der Waals surface area contributed by atoms with Crippen LogP contribution in [0, 0.1) is 0 Å². The lowest BCUT2D eigenvalue weighted by atomic mass is 10.1. The SMILES string of the molecule is CN(C[C@H]1CCCN1C)C1CCSCC1. The fraction of sp³-hybridized carbons (Fsp3) is 1.00. The molecule has 0 saturated carbocycles. The van der Waals surface area contributed by atoms with Gasteiger partial charge in [-0.2, -0.15) is 11.8 Å². The monoisotopic (exact) mass is 228 g/mol. The van der Waals surface area contributed by atoms with Gasteiger partial charge >= 0.3 is 0 Å². The van der Waals surface area contributed by atoms with E-state index in [1.54, 1.807) is 0 Å². The molecule has 88 valence electrons. The Morgan fingerprint density at radius 3 is 2.60 bits per heavy atom. The highest BCUT2D eigenvalue weighted by molar-refractivity contribution is 7.99. The van der Waals surface area contributed by atoms with Crippen LogP contribution in [-0.4, -0.2) is 60.6 Å². The van der Waals surface area contributed by atoms with Gasteiger partial charge in [0.15, 0.2) is 0 Å². The topological polar surface area (TPSA) is 6.48 Å². The molecule has 2 aliphatic rings. The van der Waals surface area contributed by atoms with Gasteiger partial charge in [0.2, 0.25) is 0 Å². The van der Waals surface area contributed by atoms with Crippen LogP contribution in [0.4, 0.5) is 0 Å². The van der Waals surface area contributed by atoms with Gasteiger partial charge in [0, 0.05) is 18.6 Å². The largest absolute Gasteiger partial charge is 0.302 e. The molecule has 0 aromatic carbocycles. The lowest BCUT2D eigenvalue weighted by Gasteiger charge is -2.34. The first-order valence-corrected chi connectivity index (χ1v) is 7.41. The van der Waals surface area contributed by atoms with Gasteiger partial charge < -0.3 is 9.80 Å². The molecule has 2 aliphatic heterocycles. The Hall–Kier alpha value is 0.270. The van der Waals surface area contributed by atoms with Crippen LogP contribution in [0.3, 0.4) is 0 Å². The smallest absolute Gasteiger partial charge is 0.0220 e. The van der Waals surface area contributed by atoms with E-state index < -0.39 is 0 Å². The van der Waals surface area contributed by atoms with Crippen molar-refractivity contribution in [1.82, 2.24) is 9.80 Å². The minimum absolute atomic E-state index is 0.824. The van der Waals surface area contributed by atoms with Crippen molar-refractivity contribution in [2.75, 3.05) is 38.7 Å². The number of hydrogen-bond donors (Lipinski definition) is 0. The summed E-state index contributed by atoms with van der Waals surface area (Å²) in [6.07, 6.45) is 5.60. The molecule has 0 aromatic rings. The fourth-order valence-corrected chi connectivity index (χ4v) is 3.90. The molecule has 0 spiro atoms. The second-order valence-electron chi connectivity index (χ2n) is 5.06. The Morgan fingerprint density at radius 2 is 2.00 bits per heavy atom. The van der Waals surface area contributed by atoms with E-state index in [0.29, 0.717) is 0 Å². The summed E-state index contributed by atoms with van der Waals surface area (Å²) in [6, 6.07) is 1.69. The Morgan fingerprint density at radius 1 is 1.27 bits per heavy atom. The molecule has 0 aliphatic carbocycles. The zero-order valence-corrected chi connectivity index (χ0v) is 10.9. The number of thioether (sulfide) groups is 1. The van der Waals surface area contributed by atoms with Crippen LogP contribution in [0.1, 0.15) is 25.7 Å². The molecule has 0 N–H and O–H groups in total. The minimum Gasteiger partial charge on any atom is -0.302 e. The summed E-state index contributed by atoms with van der Waals surface area (Å²) in [7, 11) is 4.61. The zero-order valence-electron chi connectivity index (χ0n) is 10.1. The summed E-state index contributed by atoms with van der Waals surface area (Å²) in [6.45, 7) is 2.59. The van der Waals surface area contributed by atoms with Crippen LogP contribution >= 0.6 is 11.8 Å². The number of likely N-dealkylation sites (N-methyl/N-ethyl adjacent to an activating group) is 2. The molecule has 0 amide bonds. The fourth-order valence-electron chi connectivity index (χ4n) is 2.82. The molecule has 3 heteroatoms. The lowest BCUT2D eigenvalue weighted by molar-refractivity contribution is 0.169. The number of likely N-dealkylation sites (tertiary alicyclic amines) is 1. The summed E-state index contributed by atoms with van der Waals surface area (Å²) in [5.74, 6) is 2.74. The first-order chi connectivity index (χ1) is 7.27. The maximum Gasteiger partial charge on any atom is 0.0220 e. The van der Waals surface area contributed by atoms with E-state index in [0.717, 1.165) is 12.1 Å². The first kappa shape index (κ1) is 11.7. The lowest BCUT2D eigenvalue weighted by Crippen LogP contribution is -2.42. The molecule has 15 heavy (non-hydrogen) atoms. The molecule has 0 unspecified atom stereocenters. The third-order valence-electron chi connectivity index (χ3n) is 3.98. The van der Waals surface area contributed by atoms with Crippen molar-refractivity contribution in [3.8, 4) is 0 Å². The normalized spacial score (nSPS) is 30.2. The molecule has 0 aromatic heterocycles. The van der Waals surface area contributed by atoms with Crippen LogP contribution in [0.25, 0.3) is 0 Å². The van der Waals surface area contributed by atoms with E-state index >= 15 is 0 Å². The number of nitrogens with zero attached hydrogens (tertiary/aromatic N) is 2. The first-order valence-electron chi connectivity index (χ1n) is 6.25. The van der Waals surface area contributed by atoms with Crippen molar-refractivity contribution < 1.29 is 0 Å². The van der Waals surface area contributed by atoms with E-state index in [4.69, 9.17) is 0 Å². The zero-order chi connectivity index (χ0) is 10.7. The predicted molar refractivity (Wildman–Crippen MR) is 68.6 cm³/mol. The van der Waals surface area contributed by atoms with Crippen LogP contribution in [0.5, 0.6) is 0 Å². The number of hydrogen-bond acceptors (Lipinski definition) is 3. The van der Waals surface area contributed by atoms with Gasteiger partial charge in [0.1, 0.15) is 0 Å². The predicted octanol–water partition coefficient (Wildman–Crippen LogP) is 1.91. The van der Waals surface area contributed by atoms with Crippen molar-refractivity contribution in [3.63, 3.8) is 0 Å². The molecule has 0 radical (unpaired) electrons. The molecule has 1 atom stereocenters. The average Bonchev–Trinajstić information content (AvgIpc) is 2.66. The molecule has 2 saturated heterocycles. The van der Waals surface area contributed by atoms with Gasteiger partial charge in [0.05, 0.1) is 0 Å². The van der Waals surface area contributed by atoms with Crippen LogP contribution in [0.2, 0.25) is 0 Å². The number of rotatable bonds is 3. The summed E-state index contributed by atoms with van der Waals surface area (Å²) < 4.78 is 0. The quantitative estimate of drug-likeness (QED) is 0.728. The summed E-state index contributed by atoms with van der Waals surface area (Å²) in [4.78, 5) is 5.15.